The standard InChI is InChI=1S/C22H23FN4O4S2/c1-11-12(2)32-20-18(11)21(29)26(15-6-4-5-7-15)22(25-20)33-13(3)19(28)24-14-8-9-16(23)17(10-14)27(30)31/h8-10,13,15H,4-7H2,1-3H3,(H,24,28). The quantitative estimate of drug-likeness (QED) is 0.216. The zero-order valence-corrected chi connectivity index (χ0v) is 20.0. The van der Waals surface area contributed by atoms with Crippen LogP contribution in [0.15, 0.2) is 28.2 Å². The maximum Gasteiger partial charge on any atom is 0.306 e. The molecule has 0 saturated heterocycles. The molecule has 1 aliphatic carbocycles. The number of aryl methyl sites for hydroxylation is 2. The Balaban J connectivity index is 1.64. The SMILES string of the molecule is Cc1sc2nc(SC(C)C(=O)Nc3ccc(F)c([N+](=O)[O-])c3)n(C3CCCC3)c(=O)c2c1C. The number of nitrogens with zero attached hydrogens (tertiary/aromatic N) is 3. The van der Waals surface area contributed by atoms with Crippen LogP contribution in [0.5, 0.6) is 0 Å². The van der Waals surface area contributed by atoms with Gasteiger partial charge in [0.05, 0.1) is 15.6 Å². The third-order valence-corrected chi connectivity index (χ3v) is 8.12. The van der Waals surface area contributed by atoms with Crippen molar-refractivity contribution in [2.45, 2.75) is 62.9 Å². The molecule has 1 saturated carbocycles. The molecule has 0 radical (unpaired) electrons. The number of thiophene rings is 1. The predicted molar refractivity (Wildman–Crippen MR) is 128 cm³/mol. The van der Waals surface area contributed by atoms with Gasteiger partial charge in [-0.1, -0.05) is 24.6 Å². The number of benzene rings is 1. The predicted octanol–water partition coefficient (Wildman–Crippen LogP) is 5.36. The Morgan fingerprint density at radius 1 is 1.36 bits per heavy atom. The highest BCUT2D eigenvalue weighted by atomic mass is 32.2. The molecule has 2 aromatic heterocycles. The van der Waals surface area contributed by atoms with Gasteiger partial charge in [0.2, 0.25) is 11.7 Å². The number of nitrogens with one attached hydrogen (secondary N) is 1. The number of anilines is 1. The lowest BCUT2D eigenvalue weighted by Gasteiger charge is -2.20. The van der Waals surface area contributed by atoms with Gasteiger partial charge >= 0.3 is 5.69 Å². The van der Waals surface area contributed by atoms with E-state index in [4.69, 9.17) is 4.98 Å². The monoisotopic (exact) mass is 490 g/mol. The average molecular weight is 491 g/mol. The fourth-order valence-electron chi connectivity index (χ4n) is 4.04. The number of hydrogen-bond acceptors (Lipinski definition) is 7. The van der Waals surface area contributed by atoms with E-state index in [1.165, 1.54) is 29.2 Å². The van der Waals surface area contributed by atoms with Crippen molar-refractivity contribution in [1.29, 1.82) is 0 Å². The summed E-state index contributed by atoms with van der Waals surface area (Å²) >= 11 is 2.65. The second kappa shape index (κ2) is 9.22. The number of halogens is 1. The molecule has 1 amide bonds. The minimum absolute atomic E-state index is 0.0477. The van der Waals surface area contributed by atoms with Gasteiger partial charge in [-0.3, -0.25) is 24.3 Å². The van der Waals surface area contributed by atoms with E-state index in [0.29, 0.717) is 15.4 Å². The van der Waals surface area contributed by atoms with Crippen LogP contribution in [0, 0.1) is 29.8 Å². The van der Waals surface area contributed by atoms with Crippen molar-refractivity contribution in [3.05, 3.63) is 54.9 Å². The van der Waals surface area contributed by atoms with Gasteiger partial charge in [-0.25, -0.2) is 4.98 Å². The summed E-state index contributed by atoms with van der Waals surface area (Å²) in [6, 6.07) is 3.25. The average Bonchev–Trinajstić information content (AvgIpc) is 3.37. The number of thioether (sulfide) groups is 1. The van der Waals surface area contributed by atoms with Crippen LogP contribution >= 0.6 is 23.1 Å². The van der Waals surface area contributed by atoms with Crippen molar-refractivity contribution in [3.63, 3.8) is 0 Å². The molecule has 0 spiro atoms. The Morgan fingerprint density at radius 3 is 2.73 bits per heavy atom. The van der Waals surface area contributed by atoms with E-state index in [-0.39, 0.29) is 17.3 Å². The van der Waals surface area contributed by atoms with Gasteiger partial charge in [0, 0.05) is 22.7 Å². The number of hydrogen-bond donors (Lipinski definition) is 1. The Hall–Kier alpha value is -2.79. The third kappa shape index (κ3) is 4.51. The minimum Gasteiger partial charge on any atom is -0.325 e. The van der Waals surface area contributed by atoms with Gasteiger partial charge < -0.3 is 5.32 Å². The van der Waals surface area contributed by atoms with E-state index in [1.54, 1.807) is 11.5 Å². The molecule has 33 heavy (non-hydrogen) atoms. The first-order valence-corrected chi connectivity index (χ1v) is 12.3. The molecule has 4 rings (SSSR count). The Kier molecular flexibility index (Phi) is 6.53. The topological polar surface area (TPSA) is 107 Å². The van der Waals surface area contributed by atoms with Gasteiger partial charge in [0.25, 0.3) is 5.56 Å². The second-order valence-corrected chi connectivity index (χ2v) is 10.7. The van der Waals surface area contributed by atoms with Gasteiger partial charge in [0.1, 0.15) is 4.83 Å². The molecule has 1 N–H and O–H groups in total. The summed E-state index contributed by atoms with van der Waals surface area (Å²) in [5, 5.41) is 14.1. The first kappa shape index (κ1) is 23.4. The maximum absolute atomic E-state index is 13.6. The third-order valence-electron chi connectivity index (χ3n) is 5.95. The summed E-state index contributed by atoms with van der Waals surface area (Å²) in [4.78, 5) is 42.9. The van der Waals surface area contributed by atoms with Crippen molar-refractivity contribution in [2.75, 3.05) is 5.32 Å². The number of nitro groups is 1. The molecule has 1 aromatic carbocycles. The molecule has 1 aliphatic rings. The molecule has 1 unspecified atom stereocenters. The van der Waals surface area contributed by atoms with Crippen molar-refractivity contribution in [1.82, 2.24) is 9.55 Å². The van der Waals surface area contributed by atoms with Gasteiger partial charge in [-0.15, -0.1) is 11.3 Å². The number of amides is 1. The van der Waals surface area contributed by atoms with Crippen LogP contribution in [-0.2, 0) is 4.79 Å². The zero-order chi connectivity index (χ0) is 23.9. The van der Waals surface area contributed by atoms with E-state index in [9.17, 15) is 24.1 Å². The van der Waals surface area contributed by atoms with E-state index in [0.717, 1.165) is 48.3 Å². The lowest BCUT2D eigenvalue weighted by Crippen LogP contribution is -2.29. The molecule has 174 valence electrons. The van der Waals surface area contributed by atoms with Crippen LogP contribution in [0.25, 0.3) is 10.2 Å². The summed E-state index contributed by atoms with van der Waals surface area (Å²) in [6.07, 6.45) is 3.87. The molecule has 11 heteroatoms. The zero-order valence-electron chi connectivity index (χ0n) is 18.4. The molecule has 1 atom stereocenters. The highest BCUT2D eigenvalue weighted by Crippen LogP contribution is 2.35. The van der Waals surface area contributed by atoms with Gasteiger partial charge in [0.15, 0.2) is 5.16 Å². The molecular formula is C22H23FN4O4S2. The Bertz CT molecular complexity index is 1310. The van der Waals surface area contributed by atoms with Crippen LogP contribution in [0.1, 0.15) is 49.1 Å². The van der Waals surface area contributed by atoms with E-state index in [1.807, 2.05) is 13.8 Å². The number of carbonyl (C=O) groups is 1. The van der Waals surface area contributed by atoms with Gasteiger partial charge in [-0.2, -0.15) is 4.39 Å². The fraction of sp³-hybridized carbons (Fsp3) is 0.409. The molecule has 0 bridgehead atoms. The summed E-state index contributed by atoms with van der Waals surface area (Å²) in [7, 11) is 0. The molecule has 8 nitrogen and oxygen atoms in total. The first-order valence-electron chi connectivity index (χ1n) is 10.6. The lowest BCUT2D eigenvalue weighted by molar-refractivity contribution is -0.387. The highest BCUT2D eigenvalue weighted by Gasteiger charge is 2.27. The second-order valence-electron chi connectivity index (χ2n) is 8.14. The Labute approximate surface area is 197 Å². The summed E-state index contributed by atoms with van der Waals surface area (Å²) in [5.41, 5.74) is 0.290. The lowest BCUT2D eigenvalue weighted by atomic mass is 10.2. The van der Waals surface area contributed by atoms with Crippen LogP contribution < -0.4 is 10.9 Å². The number of carbonyl (C=O) groups excluding carboxylic acids is 1. The van der Waals surface area contributed by atoms with Crippen LogP contribution in [0.3, 0.4) is 0 Å². The normalized spacial score (nSPS) is 15.2. The molecule has 0 aliphatic heterocycles. The van der Waals surface area contributed by atoms with E-state index >= 15 is 0 Å². The van der Waals surface area contributed by atoms with Crippen LogP contribution in [0.4, 0.5) is 15.8 Å². The van der Waals surface area contributed by atoms with Crippen molar-refractivity contribution >= 4 is 50.6 Å². The van der Waals surface area contributed by atoms with E-state index < -0.39 is 27.6 Å². The summed E-state index contributed by atoms with van der Waals surface area (Å²) < 4.78 is 15.3. The smallest absolute Gasteiger partial charge is 0.306 e. The number of fused-ring (bicyclic) bond motifs is 1. The Morgan fingerprint density at radius 2 is 2.06 bits per heavy atom. The van der Waals surface area contributed by atoms with Gasteiger partial charge in [-0.05, 0) is 51.3 Å². The van der Waals surface area contributed by atoms with Crippen molar-refractivity contribution in [2.24, 2.45) is 0 Å². The highest BCUT2D eigenvalue weighted by molar-refractivity contribution is 8.00. The van der Waals surface area contributed by atoms with Crippen LogP contribution in [-0.4, -0.2) is 25.6 Å². The van der Waals surface area contributed by atoms with Crippen molar-refractivity contribution in [3.8, 4) is 0 Å². The fourth-order valence-corrected chi connectivity index (χ4v) is 6.09. The number of nitro benzene ring substituents is 1. The molecule has 2 heterocycles. The molecule has 1 fully saturated rings. The largest absolute Gasteiger partial charge is 0.325 e. The summed E-state index contributed by atoms with van der Waals surface area (Å²) in [6.45, 7) is 5.57. The minimum atomic E-state index is -0.972. The summed E-state index contributed by atoms with van der Waals surface area (Å²) in [5.74, 6) is -1.40. The van der Waals surface area contributed by atoms with E-state index in [2.05, 4.69) is 5.32 Å². The van der Waals surface area contributed by atoms with Crippen molar-refractivity contribution < 1.29 is 14.1 Å². The van der Waals surface area contributed by atoms with Crippen LogP contribution in [0.2, 0.25) is 0 Å². The molecular weight excluding hydrogens is 467 g/mol. The maximum atomic E-state index is 13.6. The molecule has 3 aromatic rings. The first-order chi connectivity index (χ1) is 15.7. The number of rotatable bonds is 6. The number of aromatic nitrogens is 2.